The predicted octanol–water partition coefficient (Wildman–Crippen LogP) is 4.95. The smallest absolute Gasteiger partial charge is 0.338 e. The zero-order valence-corrected chi connectivity index (χ0v) is 25.8. The number of fused-ring (bicyclic) bond motifs is 1. The highest BCUT2D eigenvalue weighted by atomic mass is 32.1. The highest BCUT2D eigenvalue weighted by molar-refractivity contribution is 7.07. The highest BCUT2D eigenvalue weighted by Crippen LogP contribution is 2.33. The fraction of sp³-hybridized carbons (Fsp3) is 0.265. The highest BCUT2D eigenvalue weighted by Gasteiger charge is 2.31. The predicted molar refractivity (Wildman–Crippen MR) is 170 cm³/mol. The van der Waals surface area contributed by atoms with E-state index in [1.165, 1.54) is 15.9 Å². The molecule has 0 bridgehead atoms. The maximum absolute atomic E-state index is 13.7. The first-order valence-corrected chi connectivity index (χ1v) is 15.0. The van der Waals surface area contributed by atoms with Crippen molar-refractivity contribution in [2.75, 3.05) is 32.2 Å². The zero-order chi connectivity index (χ0) is 30.5. The molecule has 8 nitrogen and oxygen atoms in total. The summed E-state index contributed by atoms with van der Waals surface area (Å²) in [6.45, 7) is 6.56. The molecule has 0 spiro atoms. The number of hydrogen-bond acceptors (Lipinski definition) is 8. The molecule has 1 aliphatic rings. The monoisotopic (exact) mass is 597 g/mol. The number of anilines is 1. The van der Waals surface area contributed by atoms with E-state index in [1.807, 2.05) is 105 Å². The molecule has 9 heteroatoms. The number of nitrogens with zero attached hydrogens (tertiary/aromatic N) is 3. The van der Waals surface area contributed by atoms with Crippen LogP contribution in [0.2, 0.25) is 0 Å². The molecule has 3 aromatic carbocycles. The molecule has 0 aliphatic carbocycles. The van der Waals surface area contributed by atoms with Crippen molar-refractivity contribution in [2.45, 2.75) is 33.4 Å². The van der Waals surface area contributed by atoms with E-state index in [-0.39, 0.29) is 12.2 Å². The van der Waals surface area contributed by atoms with Crippen molar-refractivity contribution in [3.8, 4) is 11.5 Å². The quantitative estimate of drug-likeness (QED) is 0.241. The van der Waals surface area contributed by atoms with E-state index in [9.17, 15) is 9.59 Å². The largest absolute Gasteiger partial charge is 0.490 e. The summed E-state index contributed by atoms with van der Waals surface area (Å²) >= 11 is 1.29. The summed E-state index contributed by atoms with van der Waals surface area (Å²) in [7, 11) is 3.94. The lowest BCUT2D eigenvalue weighted by molar-refractivity contribution is -0.138. The summed E-state index contributed by atoms with van der Waals surface area (Å²) in [5.74, 6) is 0.744. The van der Waals surface area contributed by atoms with E-state index < -0.39 is 12.0 Å². The average molecular weight is 598 g/mol. The van der Waals surface area contributed by atoms with Crippen LogP contribution in [0.1, 0.15) is 43.5 Å². The van der Waals surface area contributed by atoms with Gasteiger partial charge in [-0.05, 0) is 67.8 Å². The van der Waals surface area contributed by atoms with Crippen molar-refractivity contribution in [1.82, 2.24) is 4.57 Å². The van der Waals surface area contributed by atoms with Gasteiger partial charge in [-0.1, -0.05) is 59.9 Å². The molecule has 5 rings (SSSR count). The minimum atomic E-state index is -0.591. The SMILES string of the molecule is CCOC(=O)C1=C(C)n2c(s/c(=C\c3ccc(OCc4ccccc4)c(OCC)c3)c2=O)=N[C@@H]1c1ccc(N(C)C)cc1. The van der Waals surface area contributed by atoms with E-state index >= 15 is 0 Å². The Hall–Kier alpha value is -4.63. The third-order valence-corrected chi connectivity index (χ3v) is 8.05. The average Bonchev–Trinajstić information content (AvgIpc) is 3.32. The number of esters is 1. The first kappa shape index (κ1) is 29.8. The van der Waals surface area contributed by atoms with Gasteiger partial charge in [-0.3, -0.25) is 9.36 Å². The van der Waals surface area contributed by atoms with E-state index in [0.717, 1.165) is 22.4 Å². The van der Waals surface area contributed by atoms with E-state index in [2.05, 4.69) is 0 Å². The number of thiazole rings is 1. The number of allylic oxidation sites excluding steroid dienone is 1. The van der Waals surface area contributed by atoms with Crippen molar-refractivity contribution in [3.05, 3.63) is 115 Å². The Labute approximate surface area is 254 Å². The minimum Gasteiger partial charge on any atom is -0.490 e. The number of carbonyl (C=O) groups excluding carboxylic acids is 1. The van der Waals surface area contributed by atoms with Crippen molar-refractivity contribution in [2.24, 2.45) is 4.99 Å². The van der Waals surface area contributed by atoms with Gasteiger partial charge in [0.15, 0.2) is 16.3 Å². The van der Waals surface area contributed by atoms with Crippen LogP contribution in [0.4, 0.5) is 5.69 Å². The Balaban J connectivity index is 1.55. The molecule has 0 N–H and O–H groups in total. The molecule has 2 heterocycles. The maximum atomic E-state index is 13.7. The van der Waals surface area contributed by atoms with Crippen LogP contribution in [0.5, 0.6) is 11.5 Å². The van der Waals surface area contributed by atoms with Gasteiger partial charge < -0.3 is 19.1 Å². The second-order valence-electron chi connectivity index (χ2n) is 10.2. The van der Waals surface area contributed by atoms with Crippen LogP contribution in [0.15, 0.2) is 88.2 Å². The van der Waals surface area contributed by atoms with E-state index in [4.69, 9.17) is 19.2 Å². The molecule has 1 aliphatic heterocycles. The lowest BCUT2D eigenvalue weighted by Gasteiger charge is -2.23. The molecule has 0 unspecified atom stereocenters. The third kappa shape index (κ3) is 6.41. The van der Waals surface area contributed by atoms with Crippen LogP contribution in [-0.4, -0.2) is 37.8 Å². The number of ether oxygens (including phenoxy) is 3. The summed E-state index contributed by atoms with van der Waals surface area (Å²) in [6, 6.07) is 22.8. The van der Waals surface area contributed by atoms with Gasteiger partial charge in [0, 0.05) is 25.5 Å². The molecule has 1 aromatic heterocycles. The Morgan fingerprint density at radius 3 is 2.40 bits per heavy atom. The molecule has 4 aromatic rings. The zero-order valence-electron chi connectivity index (χ0n) is 25.0. The second kappa shape index (κ2) is 13.1. The van der Waals surface area contributed by atoms with Crippen molar-refractivity contribution in [1.29, 1.82) is 0 Å². The first-order valence-electron chi connectivity index (χ1n) is 14.2. The minimum absolute atomic E-state index is 0.222. The number of rotatable bonds is 10. The van der Waals surface area contributed by atoms with E-state index in [0.29, 0.717) is 45.3 Å². The summed E-state index contributed by atoms with van der Waals surface area (Å²) in [4.78, 5) is 34.3. The number of aromatic nitrogens is 1. The molecule has 222 valence electrons. The Bertz CT molecular complexity index is 1820. The molecule has 0 saturated carbocycles. The standard InChI is InChI=1S/C34H35N3O5S/c1-6-40-28-19-24(13-18-27(28)42-21-23-11-9-8-10-12-23)20-29-32(38)37-22(3)30(33(39)41-7-2)31(35-34(37)43-29)25-14-16-26(17-15-25)36(4)5/h8-20,31H,6-7,21H2,1-5H3/b29-20-/t31-/m1/s1. The van der Waals surface area contributed by atoms with Crippen LogP contribution < -0.4 is 29.3 Å². The first-order chi connectivity index (χ1) is 20.8. The van der Waals surface area contributed by atoms with Crippen LogP contribution in [0.25, 0.3) is 11.8 Å². The van der Waals surface area contributed by atoms with Crippen LogP contribution in [-0.2, 0) is 16.1 Å². The Morgan fingerprint density at radius 2 is 1.72 bits per heavy atom. The molecule has 0 fully saturated rings. The van der Waals surface area contributed by atoms with Gasteiger partial charge in [-0.2, -0.15) is 0 Å². The lowest BCUT2D eigenvalue weighted by atomic mass is 9.96. The molecule has 43 heavy (non-hydrogen) atoms. The molecule has 0 amide bonds. The van der Waals surface area contributed by atoms with Gasteiger partial charge in [-0.25, -0.2) is 9.79 Å². The fourth-order valence-corrected chi connectivity index (χ4v) is 5.94. The number of carbonyl (C=O) groups is 1. The lowest BCUT2D eigenvalue weighted by Crippen LogP contribution is -2.35. The van der Waals surface area contributed by atoms with Gasteiger partial charge in [0.2, 0.25) is 0 Å². The van der Waals surface area contributed by atoms with Gasteiger partial charge >= 0.3 is 5.97 Å². The molecular weight excluding hydrogens is 562 g/mol. The van der Waals surface area contributed by atoms with Crippen molar-refractivity contribution >= 4 is 34.8 Å². The van der Waals surface area contributed by atoms with Gasteiger partial charge in [0.25, 0.3) is 5.56 Å². The van der Waals surface area contributed by atoms with Crippen molar-refractivity contribution < 1.29 is 19.0 Å². The van der Waals surface area contributed by atoms with Gasteiger partial charge in [0.1, 0.15) is 12.6 Å². The summed E-state index contributed by atoms with van der Waals surface area (Å²) in [5.41, 5.74) is 4.35. The number of hydrogen-bond donors (Lipinski definition) is 0. The summed E-state index contributed by atoms with van der Waals surface area (Å²) in [5, 5.41) is 0. The van der Waals surface area contributed by atoms with Gasteiger partial charge in [-0.15, -0.1) is 0 Å². The van der Waals surface area contributed by atoms with Crippen molar-refractivity contribution in [3.63, 3.8) is 0 Å². The normalized spacial score (nSPS) is 14.6. The third-order valence-electron chi connectivity index (χ3n) is 7.07. The van der Waals surface area contributed by atoms with Crippen LogP contribution >= 0.6 is 11.3 Å². The maximum Gasteiger partial charge on any atom is 0.338 e. The fourth-order valence-electron chi connectivity index (χ4n) is 4.90. The molecular formula is C34H35N3O5S. The van der Waals surface area contributed by atoms with Crippen LogP contribution in [0, 0.1) is 0 Å². The van der Waals surface area contributed by atoms with E-state index in [1.54, 1.807) is 13.8 Å². The molecule has 0 radical (unpaired) electrons. The second-order valence-corrected chi connectivity index (χ2v) is 11.2. The summed E-state index contributed by atoms with van der Waals surface area (Å²) < 4.78 is 19.3. The molecule has 1 atom stereocenters. The van der Waals surface area contributed by atoms with Gasteiger partial charge in [0.05, 0.1) is 23.3 Å². The number of benzene rings is 3. The Kier molecular flexibility index (Phi) is 9.11. The topological polar surface area (TPSA) is 82.4 Å². The van der Waals surface area contributed by atoms with Crippen LogP contribution in [0.3, 0.4) is 0 Å². The Morgan fingerprint density at radius 1 is 0.977 bits per heavy atom. The molecule has 0 saturated heterocycles. The summed E-state index contributed by atoms with van der Waals surface area (Å²) in [6.07, 6.45) is 1.82.